The first-order valence-electron chi connectivity index (χ1n) is 8.08. The van der Waals surface area contributed by atoms with Crippen LogP contribution in [0.5, 0.6) is 0 Å². The van der Waals surface area contributed by atoms with Gasteiger partial charge in [0.25, 0.3) is 10.0 Å². The Labute approximate surface area is 160 Å². The number of aryl methyl sites for hydroxylation is 2. The first kappa shape index (κ1) is 21.0. The van der Waals surface area contributed by atoms with E-state index in [0.717, 1.165) is 11.1 Å². The SMILES string of the molecule is Cc1ccc(S(=O)(=O)N=S(=O)([N-][S+](C)C(C)C)c2ccc(C)cc2)cc1. The van der Waals surface area contributed by atoms with E-state index in [2.05, 4.69) is 7.90 Å². The lowest BCUT2D eigenvalue weighted by atomic mass is 10.2. The number of hydrogen-bond donors (Lipinski definition) is 0. The van der Waals surface area contributed by atoms with Crippen molar-refractivity contribution < 1.29 is 12.6 Å². The second-order valence-electron chi connectivity index (χ2n) is 6.32. The van der Waals surface area contributed by atoms with Gasteiger partial charge < -0.3 is 4.13 Å². The number of nitrogens with zero attached hydrogens (tertiary/aromatic N) is 2. The largest absolute Gasteiger partial charge is 0.329 e. The zero-order valence-corrected chi connectivity index (χ0v) is 18.0. The minimum atomic E-state index is -4.10. The van der Waals surface area contributed by atoms with Crippen LogP contribution in [-0.2, 0) is 31.0 Å². The zero-order chi connectivity index (χ0) is 19.5. The molecule has 2 aromatic rings. The third-order valence-corrected chi connectivity index (χ3v) is 10.2. The van der Waals surface area contributed by atoms with Crippen molar-refractivity contribution in [3.63, 3.8) is 0 Å². The molecule has 0 aliphatic carbocycles. The van der Waals surface area contributed by atoms with Crippen LogP contribution < -0.4 is 0 Å². The van der Waals surface area contributed by atoms with Gasteiger partial charge in [0.2, 0.25) is 0 Å². The summed E-state index contributed by atoms with van der Waals surface area (Å²) in [5.74, 6) is 0. The molecule has 2 rings (SSSR count). The van der Waals surface area contributed by atoms with Crippen LogP contribution in [0.15, 0.2) is 62.1 Å². The maximum Gasteiger partial charge on any atom is 0.289 e. The summed E-state index contributed by atoms with van der Waals surface area (Å²) in [5, 5.41) is 0.138. The van der Waals surface area contributed by atoms with E-state index in [0.29, 0.717) is 4.90 Å². The molecule has 5 nitrogen and oxygen atoms in total. The highest BCUT2D eigenvalue weighted by atomic mass is 32.3. The van der Waals surface area contributed by atoms with E-state index >= 15 is 0 Å². The van der Waals surface area contributed by atoms with Gasteiger partial charge in [-0.05, 0) is 52.0 Å². The fourth-order valence-electron chi connectivity index (χ4n) is 1.95. The predicted molar refractivity (Wildman–Crippen MR) is 110 cm³/mol. The molecule has 0 radical (unpaired) electrons. The van der Waals surface area contributed by atoms with Crippen molar-refractivity contribution in [3.8, 4) is 0 Å². The number of hydrogen-bond acceptors (Lipinski definition) is 3. The predicted octanol–water partition coefficient (Wildman–Crippen LogP) is 4.38. The van der Waals surface area contributed by atoms with E-state index in [4.69, 9.17) is 0 Å². The van der Waals surface area contributed by atoms with Gasteiger partial charge in [0.15, 0.2) is 0 Å². The summed E-state index contributed by atoms with van der Waals surface area (Å²) in [6.45, 7) is 7.68. The van der Waals surface area contributed by atoms with Crippen molar-refractivity contribution in [2.24, 2.45) is 3.77 Å². The van der Waals surface area contributed by atoms with Gasteiger partial charge in [0.1, 0.15) is 5.25 Å². The standard InChI is InChI=1S/C18H24N2O3S3/c1-14(2)24(5)19-25(21,17-10-6-15(3)7-11-17)20-26(22,23)18-12-8-16(4)9-13-18/h6-14H,1-5H3. The quantitative estimate of drug-likeness (QED) is 0.661. The van der Waals surface area contributed by atoms with Crippen LogP contribution in [0.3, 0.4) is 0 Å². The lowest BCUT2D eigenvalue weighted by molar-refractivity contribution is 0.598. The van der Waals surface area contributed by atoms with Crippen molar-refractivity contribution in [3.05, 3.63) is 63.8 Å². The molecular formula is C18H24N2O3S3. The molecule has 0 heterocycles. The molecule has 0 spiro atoms. The van der Waals surface area contributed by atoms with E-state index in [1.54, 1.807) is 36.4 Å². The minimum absolute atomic E-state index is 0.0127. The van der Waals surface area contributed by atoms with Crippen LogP contribution in [0.25, 0.3) is 4.13 Å². The van der Waals surface area contributed by atoms with Gasteiger partial charge in [0, 0.05) is 14.8 Å². The fraction of sp³-hybridized carbons (Fsp3) is 0.333. The molecule has 0 bridgehead atoms. The fourth-order valence-corrected chi connectivity index (χ4v) is 7.33. The summed E-state index contributed by atoms with van der Waals surface area (Å²) in [7, 11) is -7.57. The van der Waals surface area contributed by atoms with Gasteiger partial charge in [-0.3, -0.25) is 4.21 Å². The Morgan fingerprint density at radius 3 is 1.69 bits per heavy atom. The highest BCUT2D eigenvalue weighted by Crippen LogP contribution is 2.29. The van der Waals surface area contributed by atoms with Crippen LogP contribution in [0.4, 0.5) is 0 Å². The van der Waals surface area contributed by atoms with Gasteiger partial charge in [-0.25, -0.2) is 0 Å². The Bertz CT molecular complexity index is 973. The van der Waals surface area contributed by atoms with Gasteiger partial charge in [-0.2, -0.15) is 8.42 Å². The van der Waals surface area contributed by atoms with Crippen molar-refractivity contribution in [1.29, 1.82) is 0 Å². The monoisotopic (exact) mass is 412 g/mol. The second kappa shape index (κ2) is 8.12. The first-order chi connectivity index (χ1) is 12.0. The molecule has 2 atom stereocenters. The Kier molecular flexibility index (Phi) is 6.55. The normalized spacial score (nSPS) is 15.5. The Morgan fingerprint density at radius 2 is 1.27 bits per heavy atom. The van der Waals surface area contributed by atoms with E-state index in [-0.39, 0.29) is 10.1 Å². The zero-order valence-electron chi connectivity index (χ0n) is 15.5. The maximum absolute atomic E-state index is 13.6. The Balaban J connectivity index is 2.62. The summed E-state index contributed by atoms with van der Waals surface area (Å²) in [6.07, 6.45) is 1.84. The lowest BCUT2D eigenvalue weighted by Crippen LogP contribution is -2.16. The number of benzene rings is 2. The van der Waals surface area contributed by atoms with E-state index < -0.39 is 31.0 Å². The van der Waals surface area contributed by atoms with Crippen molar-refractivity contribution in [1.82, 2.24) is 0 Å². The molecule has 142 valence electrons. The molecule has 26 heavy (non-hydrogen) atoms. The Morgan fingerprint density at radius 1 is 0.846 bits per heavy atom. The molecule has 2 aromatic carbocycles. The number of rotatable bonds is 6. The Hall–Kier alpha value is -1.35. The molecule has 0 aromatic heterocycles. The van der Waals surface area contributed by atoms with Crippen LogP contribution in [0.2, 0.25) is 0 Å². The smallest absolute Gasteiger partial charge is 0.289 e. The molecule has 0 aliphatic rings. The van der Waals surface area contributed by atoms with Crippen molar-refractivity contribution in [2.75, 3.05) is 6.26 Å². The summed E-state index contributed by atoms with van der Waals surface area (Å²) < 4.78 is 47.2. The minimum Gasteiger partial charge on any atom is -0.329 e. The summed E-state index contributed by atoms with van der Waals surface area (Å²) in [5.41, 5.74) is 1.92. The van der Waals surface area contributed by atoms with Gasteiger partial charge in [-0.1, -0.05) is 46.5 Å². The van der Waals surface area contributed by atoms with Crippen LogP contribution in [-0.4, -0.2) is 24.1 Å². The average Bonchev–Trinajstić information content (AvgIpc) is 2.55. The van der Waals surface area contributed by atoms with Gasteiger partial charge in [0.05, 0.1) is 11.2 Å². The van der Waals surface area contributed by atoms with Crippen LogP contribution in [0, 0.1) is 13.8 Å². The van der Waals surface area contributed by atoms with Crippen molar-refractivity contribution >= 4 is 31.0 Å². The molecular weight excluding hydrogens is 388 g/mol. The maximum atomic E-state index is 13.6. The average molecular weight is 413 g/mol. The van der Waals surface area contributed by atoms with E-state index in [9.17, 15) is 12.6 Å². The topological polar surface area (TPSA) is 77.7 Å². The highest BCUT2D eigenvalue weighted by Gasteiger charge is 2.20. The van der Waals surface area contributed by atoms with Gasteiger partial charge in [-0.15, -0.1) is 3.77 Å². The summed E-state index contributed by atoms with van der Waals surface area (Å²) in [6, 6.07) is 13.1. The van der Waals surface area contributed by atoms with Crippen molar-refractivity contribution in [2.45, 2.75) is 42.7 Å². The molecule has 8 heteroatoms. The molecule has 0 fully saturated rings. The van der Waals surface area contributed by atoms with Crippen LogP contribution >= 0.6 is 0 Å². The van der Waals surface area contributed by atoms with Crippen LogP contribution in [0.1, 0.15) is 25.0 Å². The third kappa shape index (κ3) is 5.09. The molecule has 0 N–H and O–H groups in total. The highest BCUT2D eigenvalue weighted by molar-refractivity contribution is 8.17. The van der Waals surface area contributed by atoms with Gasteiger partial charge >= 0.3 is 0 Å². The second-order valence-corrected chi connectivity index (χ2v) is 12.4. The first-order valence-corrected chi connectivity index (χ1v) is 12.6. The molecule has 0 aliphatic heterocycles. The number of sulfonamides is 1. The van der Waals surface area contributed by atoms with E-state index in [1.807, 2.05) is 34.0 Å². The van der Waals surface area contributed by atoms with E-state index in [1.165, 1.54) is 12.1 Å². The molecule has 0 amide bonds. The molecule has 0 saturated carbocycles. The lowest BCUT2D eigenvalue weighted by Gasteiger charge is -2.25. The summed E-state index contributed by atoms with van der Waals surface area (Å²) in [4.78, 5) is 0.317. The molecule has 2 unspecified atom stereocenters. The summed E-state index contributed by atoms with van der Waals surface area (Å²) >= 11 is -0.600. The molecule has 0 saturated heterocycles. The third-order valence-electron chi connectivity index (χ3n) is 3.75.